The molecule has 0 saturated carbocycles. The van der Waals surface area contributed by atoms with Crippen LogP contribution in [0, 0.1) is 0 Å². The first-order chi connectivity index (χ1) is 14.0. The van der Waals surface area contributed by atoms with Gasteiger partial charge < -0.3 is 14.6 Å². The number of nitrogens with zero attached hydrogens (tertiary/aromatic N) is 1. The van der Waals surface area contributed by atoms with E-state index in [-0.39, 0.29) is 5.56 Å². The molecule has 12 heteroatoms. The highest BCUT2D eigenvalue weighted by atomic mass is 36.0. The molecule has 3 aromatic rings. The second-order valence-corrected chi connectivity index (χ2v) is 9.95. The lowest BCUT2D eigenvalue weighted by atomic mass is 9.97. The van der Waals surface area contributed by atoms with Crippen molar-refractivity contribution >= 4 is 69.7 Å². The van der Waals surface area contributed by atoms with E-state index in [9.17, 15) is 9.90 Å². The molecule has 0 atom stereocenters. The Morgan fingerprint density at radius 3 is 2.03 bits per heavy atom. The zero-order valence-electron chi connectivity index (χ0n) is 15.3. The Labute approximate surface area is 191 Å². The number of pyridine rings is 1. The number of fused-ring (bicyclic) bond motifs is 1. The molecule has 0 bridgehead atoms. The number of halogens is 4. The predicted molar refractivity (Wildman–Crippen MR) is 118 cm³/mol. The van der Waals surface area contributed by atoms with Crippen LogP contribution in [-0.4, -0.2) is 38.7 Å². The van der Waals surface area contributed by atoms with Gasteiger partial charge in [0.25, 0.3) is 0 Å². The molecule has 3 rings (SSSR count). The van der Waals surface area contributed by atoms with Gasteiger partial charge in [-0.15, -0.1) is 0 Å². The molecule has 0 aliphatic heterocycles. The Morgan fingerprint density at radius 1 is 1.03 bits per heavy atom. The number of rotatable bonds is 4. The molecule has 0 saturated heterocycles. The van der Waals surface area contributed by atoms with E-state index in [1.807, 2.05) is 0 Å². The van der Waals surface area contributed by atoms with Gasteiger partial charge in [0.1, 0.15) is 11.5 Å². The standard InChI is InChI=1S/C18H13Cl2NO4.Cl2O2S/c1-24-12-8-13(25-2)16(20)14(15(12)19)9-5-6-11(18(22)23)17-10(9)4-3-7-21-17;1-5(2,3)4/h3-8H,1-2H3,(H,22,23);. The van der Waals surface area contributed by atoms with Gasteiger partial charge >= 0.3 is 14.2 Å². The fraction of sp³-hybridized carbons (Fsp3) is 0.111. The van der Waals surface area contributed by atoms with Crippen molar-refractivity contribution in [2.45, 2.75) is 0 Å². The third-order valence-electron chi connectivity index (χ3n) is 3.84. The highest BCUT2D eigenvalue weighted by Gasteiger charge is 2.22. The number of aromatic nitrogens is 1. The van der Waals surface area contributed by atoms with Crippen molar-refractivity contribution in [3.63, 3.8) is 0 Å². The Hall–Kier alpha value is -1.97. The average molecular weight is 513 g/mol. The van der Waals surface area contributed by atoms with Crippen LogP contribution in [0.3, 0.4) is 0 Å². The van der Waals surface area contributed by atoms with E-state index < -0.39 is 14.2 Å². The highest BCUT2D eigenvalue weighted by Crippen LogP contribution is 2.47. The molecular formula is C18H13Cl4NO6S. The Morgan fingerprint density at radius 2 is 1.57 bits per heavy atom. The summed E-state index contributed by atoms with van der Waals surface area (Å²) in [7, 11) is 7.80. The second-order valence-electron chi connectivity index (χ2n) is 5.53. The fourth-order valence-electron chi connectivity index (χ4n) is 2.69. The van der Waals surface area contributed by atoms with Gasteiger partial charge in [-0.05, 0) is 17.7 Å². The zero-order chi connectivity index (χ0) is 22.6. The third kappa shape index (κ3) is 5.59. The number of carbonyl (C=O) groups is 1. The van der Waals surface area contributed by atoms with E-state index in [1.54, 1.807) is 24.3 Å². The van der Waals surface area contributed by atoms with Gasteiger partial charge in [-0.1, -0.05) is 35.3 Å². The van der Waals surface area contributed by atoms with Gasteiger partial charge in [-0.3, -0.25) is 4.98 Å². The van der Waals surface area contributed by atoms with Crippen molar-refractivity contribution in [3.8, 4) is 22.6 Å². The van der Waals surface area contributed by atoms with Crippen molar-refractivity contribution in [1.29, 1.82) is 0 Å². The maximum atomic E-state index is 11.5. The van der Waals surface area contributed by atoms with Crippen molar-refractivity contribution < 1.29 is 27.8 Å². The molecule has 7 nitrogen and oxygen atoms in total. The first-order valence-electron chi connectivity index (χ1n) is 7.85. The van der Waals surface area contributed by atoms with Crippen LogP contribution in [0.1, 0.15) is 10.4 Å². The van der Waals surface area contributed by atoms with Crippen LogP contribution in [0.5, 0.6) is 11.5 Å². The van der Waals surface area contributed by atoms with Gasteiger partial charge in [0.05, 0.1) is 35.3 Å². The number of methoxy groups -OCH3 is 2. The lowest BCUT2D eigenvalue weighted by molar-refractivity contribution is 0.0699. The number of benzene rings is 2. The topological polar surface area (TPSA) is 103 Å². The van der Waals surface area contributed by atoms with Crippen molar-refractivity contribution in [3.05, 3.63) is 52.1 Å². The van der Waals surface area contributed by atoms with E-state index in [1.165, 1.54) is 26.5 Å². The summed E-state index contributed by atoms with van der Waals surface area (Å²) in [5, 5.41) is 10.6. The average Bonchev–Trinajstić information content (AvgIpc) is 2.67. The summed E-state index contributed by atoms with van der Waals surface area (Å²) in [5.74, 6) is -0.259. The largest absolute Gasteiger partial charge is 0.495 e. The SMILES string of the molecule is COc1cc(OC)c(Cl)c(-c2ccc(C(=O)O)c3ncccc23)c1Cl.O=S(=O)(Cl)Cl. The second kappa shape index (κ2) is 9.89. The molecule has 2 aromatic carbocycles. The monoisotopic (exact) mass is 511 g/mol. The third-order valence-corrected chi connectivity index (χ3v) is 4.59. The smallest absolute Gasteiger partial charge is 0.337 e. The van der Waals surface area contributed by atoms with Gasteiger partial charge in [-0.2, -0.15) is 8.42 Å². The fourth-order valence-corrected chi connectivity index (χ4v) is 3.39. The molecule has 0 aliphatic rings. The summed E-state index contributed by atoms with van der Waals surface area (Å²) in [4.78, 5) is 15.7. The van der Waals surface area contributed by atoms with E-state index in [4.69, 9.17) is 41.1 Å². The zero-order valence-corrected chi connectivity index (χ0v) is 19.2. The molecule has 160 valence electrons. The van der Waals surface area contributed by atoms with Crippen LogP contribution < -0.4 is 9.47 Å². The van der Waals surface area contributed by atoms with Crippen LogP contribution in [0.25, 0.3) is 22.0 Å². The molecule has 1 N–H and O–H groups in total. The summed E-state index contributed by atoms with van der Waals surface area (Å²) in [6, 6.07) is 8.21. The van der Waals surface area contributed by atoms with E-state index in [2.05, 4.69) is 26.3 Å². The maximum Gasteiger partial charge on any atom is 0.337 e. The lowest BCUT2D eigenvalue weighted by Crippen LogP contribution is -2.00. The molecular weight excluding hydrogens is 500 g/mol. The molecule has 0 fully saturated rings. The van der Waals surface area contributed by atoms with Crippen LogP contribution in [0.4, 0.5) is 0 Å². The van der Waals surface area contributed by atoms with E-state index in [0.717, 1.165) is 0 Å². The molecule has 1 aromatic heterocycles. The number of ether oxygens (including phenoxy) is 2. The van der Waals surface area contributed by atoms with Gasteiger partial charge in [0.15, 0.2) is 0 Å². The van der Waals surface area contributed by atoms with Crippen molar-refractivity contribution in [2.75, 3.05) is 14.2 Å². The minimum absolute atomic E-state index is 0.0986. The summed E-state index contributed by atoms with van der Waals surface area (Å²) < 4.78 is 28.9. The van der Waals surface area contributed by atoms with Gasteiger partial charge in [-0.25, -0.2) is 4.79 Å². The number of hydrogen-bond acceptors (Lipinski definition) is 6. The number of carboxylic acids is 1. The molecule has 30 heavy (non-hydrogen) atoms. The summed E-state index contributed by atoms with van der Waals surface area (Å²) in [5.41, 5.74) is 1.58. The minimum Gasteiger partial charge on any atom is -0.495 e. The van der Waals surface area contributed by atoms with Crippen LogP contribution >= 0.6 is 44.6 Å². The first-order valence-corrected chi connectivity index (χ1v) is 11.7. The molecule has 0 unspecified atom stereocenters. The van der Waals surface area contributed by atoms with Gasteiger partial charge in [0.2, 0.25) is 0 Å². The van der Waals surface area contributed by atoms with Crippen LogP contribution in [0.15, 0.2) is 36.5 Å². The highest BCUT2D eigenvalue weighted by molar-refractivity contribution is 8.31. The van der Waals surface area contributed by atoms with Crippen molar-refractivity contribution in [2.24, 2.45) is 0 Å². The predicted octanol–water partition coefficient (Wildman–Crippen LogP) is 5.63. The van der Waals surface area contributed by atoms with Gasteiger partial charge in [0, 0.05) is 44.6 Å². The molecule has 0 spiro atoms. The normalized spacial score (nSPS) is 10.9. The van der Waals surface area contributed by atoms with Crippen molar-refractivity contribution in [1.82, 2.24) is 4.98 Å². The van der Waals surface area contributed by atoms with Crippen LogP contribution in [0.2, 0.25) is 10.0 Å². The Bertz CT molecular complexity index is 1180. The molecule has 1 heterocycles. The van der Waals surface area contributed by atoms with Crippen LogP contribution in [-0.2, 0) is 8.26 Å². The molecule has 0 radical (unpaired) electrons. The number of hydrogen-bond donors (Lipinski definition) is 1. The number of aromatic carboxylic acids is 1. The summed E-state index contributed by atoms with van der Waals surface area (Å²) in [6.45, 7) is 0. The lowest BCUT2D eigenvalue weighted by Gasteiger charge is -2.16. The summed E-state index contributed by atoms with van der Waals surface area (Å²) >= 11 is 13.0. The summed E-state index contributed by atoms with van der Waals surface area (Å²) in [6.07, 6.45) is 1.54. The minimum atomic E-state index is -3.72. The molecule has 0 amide bonds. The Kier molecular flexibility index (Phi) is 8.01. The van der Waals surface area contributed by atoms with E-state index >= 15 is 0 Å². The first kappa shape index (κ1) is 24.3. The van der Waals surface area contributed by atoms with E-state index in [0.29, 0.717) is 43.6 Å². The Balaban J connectivity index is 0.000000575. The molecule has 0 aliphatic carbocycles. The maximum absolute atomic E-state index is 11.5. The quantitative estimate of drug-likeness (QED) is 0.451. The number of carboxylic acid groups (broad SMARTS) is 1.